The van der Waals surface area contributed by atoms with Gasteiger partial charge in [-0.25, -0.2) is 4.79 Å². The number of nitrogens with one attached hydrogen (secondary N) is 1. The molecule has 1 aromatic carbocycles. The Morgan fingerprint density at radius 3 is 2.55 bits per heavy atom. The molecule has 0 bridgehead atoms. The van der Waals surface area contributed by atoms with Gasteiger partial charge in [0.25, 0.3) is 0 Å². The zero-order valence-corrected chi connectivity index (χ0v) is 11.9. The van der Waals surface area contributed by atoms with Crippen molar-refractivity contribution in [1.82, 2.24) is 10.2 Å². The highest BCUT2D eigenvalue weighted by Gasteiger charge is 2.37. The highest BCUT2D eigenvalue weighted by Crippen LogP contribution is 2.34. The van der Waals surface area contributed by atoms with E-state index in [1.165, 1.54) is 0 Å². The van der Waals surface area contributed by atoms with Gasteiger partial charge < -0.3 is 10.2 Å². The van der Waals surface area contributed by atoms with Gasteiger partial charge in [-0.3, -0.25) is 0 Å². The van der Waals surface area contributed by atoms with E-state index in [0.29, 0.717) is 32.5 Å². The Labute approximate surface area is 120 Å². The van der Waals surface area contributed by atoms with Crippen LogP contribution in [0.25, 0.3) is 0 Å². The van der Waals surface area contributed by atoms with Crippen molar-refractivity contribution in [3.8, 4) is 6.07 Å². The first-order valence-electron chi connectivity index (χ1n) is 7.21. The van der Waals surface area contributed by atoms with Crippen LogP contribution >= 0.6 is 0 Å². The fourth-order valence-corrected chi connectivity index (χ4v) is 2.66. The number of likely N-dealkylation sites (tertiary alicyclic amines) is 1. The third-order valence-corrected chi connectivity index (χ3v) is 3.97. The van der Waals surface area contributed by atoms with Gasteiger partial charge in [0.2, 0.25) is 0 Å². The summed E-state index contributed by atoms with van der Waals surface area (Å²) in [7, 11) is 0. The highest BCUT2D eigenvalue weighted by molar-refractivity contribution is 5.74. The molecule has 0 radical (unpaired) electrons. The largest absolute Gasteiger partial charge is 0.338 e. The lowest BCUT2D eigenvalue weighted by Crippen LogP contribution is -2.48. The van der Waals surface area contributed by atoms with Gasteiger partial charge in [-0.05, 0) is 24.8 Å². The number of piperidine rings is 1. The van der Waals surface area contributed by atoms with Crippen LogP contribution in [0.15, 0.2) is 30.3 Å². The van der Waals surface area contributed by atoms with Gasteiger partial charge in [0.15, 0.2) is 0 Å². The first-order chi connectivity index (χ1) is 9.72. The molecule has 1 heterocycles. The lowest BCUT2D eigenvalue weighted by atomic mass is 9.74. The predicted octanol–water partition coefficient (Wildman–Crippen LogP) is 2.66. The van der Waals surface area contributed by atoms with Crippen LogP contribution in [0.4, 0.5) is 4.79 Å². The molecule has 0 saturated carbocycles. The van der Waals surface area contributed by atoms with Crippen LogP contribution in [0.5, 0.6) is 0 Å². The van der Waals surface area contributed by atoms with E-state index < -0.39 is 5.41 Å². The topological polar surface area (TPSA) is 56.1 Å². The molecule has 0 atom stereocenters. The molecule has 1 N–H and O–H groups in total. The van der Waals surface area contributed by atoms with Crippen LogP contribution in [-0.4, -0.2) is 30.6 Å². The molecule has 4 nitrogen and oxygen atoms in total. The van der Waals surface area contributed by atoms with E-state index in [1.54, 1.807) is 0 Å². The zero-order valence-electron chi connectivity index (χ0n) is 11.9. The molecular formula is C16H21N3O. The van der Waals surface area contributed by atoms with Gasteiger partial charge in [0.05, 0.1) is 11.5 Å². The SMILES string of the molecule is CCCNC(=O)N1CCC(C#N)(c2ccccc2)CC1. The summed E-state index contributed by atoms with van der Waals surface area (Å²) in [4.78, 5) is 13.7. The van der Waals surface area contributed by atoms with E-state index in [0.717, 1.165) is 12.0 Å². The zero-order chi connectivity index (χ0) is 14.4. The van der Waals surface area contributed by atoms with Crippen molar-refractivity contribution in [1.29, 1.82) is 5.26 Å². The van der Waals surface area contributed by atoms with E-state index >= 15 is 0 Å². The predicted molar refractivity (Wildman–Crippen MR) is 78.2 cm³/mol. The summed E-state index contributed by atoms with van der Waals surface area (Å²) in [5.41, 5.74) is 0.624. The third-order valence-electron chi connectivity index (χ3n) is 3.97. The van der Waals surface area contributed by atoms with E-state index in [2.05, 4.69) is 11.4 Å². The number of carbonyl (C=O) groups excluding carboxylic acids is 1. The summed E-state index contributed by atoms with van der Waals surface area (Å²) >= 11 is 0. The summed E-state index contributed by atoms with van der Waals surface area (Å²) in [5, 5.41) is 12.5. The molecule has 0 spiro atoms. The van der Waals surface area contributed by atoms with Crippen molar-refractivity contribution in [2.24, 2.45) is 0 Å². The summed E-state index contributed by atoms with van der Waals surface area (Å²) in [6, 6.07) is 12.4. The summed E-state index contributed by atoms with van der Waals surface area (Å²) in [6.45, 7) is 4.01. The number of urea groups is 1. The van der Waals surface area contributed by atoms with Crippen LogP contribution in [0.3, 0.4) is 0 Å². The fourth-order valence-electron chi connectivity index (χ4n) is 2.66. The third kappa shape index (κ3) is 2.93. The number of hydrogen-bond donors (Lipinski definition) is 1. The number of nitriles is 1. The van der Waals surface area contributed by atoms with Gasteiger partial charge in [-0.1, -0.05) is 37.3 Å². The van der Waals surface area contributed by atoms with E-state index in [4.69, 9.17) is 0 Å². The minimum absolute atomic E-state index is 0.00792. The molecule has 0 aliphatic carbocycles. The van der Waals surface area contributed by atoms with E-state index in [1.807, 2.05) is 42.2 Å². The average Bonchev–Trinajstić information content (AvgIpc) is 2.53. The summed E-state index contributed by atoms with van der Waals surface area (Å²) in [5.74, 6) is 0. The molecule has 0 unspecified atom stereocenters. The monoisotopic (exact) mass is 271 g/mol. The molecular weight excluding hydrogens is 250 g/mol. The molecule has 20 heavy (non-hydrogen) atoms. The molecule has 2 rings (SSSR count). The Kier molecular flexibility index (Phi) is 4.62. The molecule has 1 aromatic rings. The first kappa shape index (κ1) is 14.4. The second-order valence-electron chi connectivity index (χ2n) is 5.28. The lowest BCUT2D eigenvalue weighted by Gasteiger charge is -2.37. The quantitative estimate of drug-likeness (QED) is 0.919. The van der Waals surface area contributed by atoms with Gasteiger partial charge in [-0.15, -0.1) is 0 Å². The van der Waals surface area contributed by atoms with Crippen molar-refractivity contribution >= 4 is 6.03 Å². The maximum Gasteiger partial charge on any atom is 0.317 e. The maximum absolute atomic E-state index is 11.9. The number of amides is 2. The Morgan fingerprint density at radius 1 is 1.35 bits per heavy atom. The molecule has 106 valence electrons. The molecule has 4 heteroatoms. The van der Waals surface area contributed by atoms with Crippen molar-refractivity contribution in [3.63, 3.8) is 0 Å². The number of rotatable bonds is 3. The second-order valence-corrected chi connectivity index (χ2v) is 5.28. The molecule has 0 aromatic heterocycles. The molecule has 1 fully saturated rings. The van der Waals surface area contributed by atoms with Gasteiger partial charge in [0, 0.05) is 19.6 Å². The number of hydrogen-bond acceptors (Lipinski definition) is 2. The van der Waals surface area contributed by atoms with Crippen molar-refractivity contribution in [3.05, 3.63) is 35.9 Å². The van der Waals surface area contributed by atoms with E-state index in [-0.39, 0.29) is 6.03 Å². The number of benzene rings is 1. The highest BCUT2D eigenvalue weighted by atomic mass is 16.2. The minimum Gasteiger partial charge on any atom is -0.338 e. The molecule has 1 aliphatic heterocycles. The Hall–Kier alpha value is -2.02. The minimum atomic E-state index is -0.442. The van der Waals surface area contributed by atoms with Crippen LogP contribution in [-0.2, 0) is 5.41 Å². The Morgan fingerprint density at radius 2 is 2.00 bits per heavy atom. The molecule has 1 saturated heterocycles. The molecule has 1 aliphatic rings. The van der Waals surface area contributed by atoms with Crippen LogP contribution in [0.2, 0.25) is 0 Å². The maximum atomic E-state index is 11.9. The van der Waals surface area contributed by atoms with Crippen molar-refractivity contribution in [2.45, 2.75) is 31.6 Å². The van der Waals surface area contributed by atoms with Crippen molar-refractivity contribution < 1.29 is 4.79 Å². The lowest BCUT2D eigenvalue weighted by molar-refractivity contribution is 0.171. The van der Waals surface area contributed by atoms with Gasteiger partial charge >= 0.3 is 6.03 Å². The average molecular weight is 271 g/mol. The smallest absolute Gasteiger partial charge is 0.317 e. The van der Waals surface area contributed by atoms with Crippen LogP contribution in [0.1, 0.15) is 31.7 Å². The standard InChI is InChI=1S/C16H21N3O/c1-2-10-18-15(20)19-11-8-16(13-17,9-12-19)14-6-4-3-5-7-14/h3-7H,2,8-12H2,1H3,(H,18,20). The van der Waals surface area contributed by atoms with Crippen LogP contribution in [0, 0.1) is 11.3 Å². The number of nitrogens with zero attached hydrogens (tertiary/aromatic N) is 2. The van der Waals surface area contributed by atoms with Gasteiger partial charge in [0.1, 0.15) is 0 Å². The second kappa shape index (κ2) is 6.42. The van der Waals surface area contributed by atoms with E-state index in [9.17, 15) is 10.1 Å². The Bertz CT molecular complexity index is 484. The van der Waals surface area contributed by atoms with Crippen molar-refractivity contribution in [2.75, 3.05) is 19.6 Å². The molecule has 2 amide bonds. The van der Waals surface area contributed by atoms with Gasteiger partial charge in [-0.2, -0.15) is 5.26 Å². The van der Waals surface area contributed by atoms with Crippen LogP contribution < -0.4 is 5.32 Å². The first-order valence-corrected chi connectivity index (χ1v) is 7.21. The number of carbonyl (C=O) groups is 1. The summed E-state index contributed by atoms with van der Waals surface area (Å²) < 4.78 is 0. The normalized spacial score (nSPS) is 17.3. The Balaban J connectivity index is 2.02. The fraction of sp³-hybridized carbons (Fsp3) is 0.500. The summed E-state index contributed by atoms with van der Waals surface area (Å²) in [6.07, 6.45) is 2.34.